The largest absolute Gasteiger partial charge is 0.468 e. The fourth-order valence-corrected chi connectivity index (χ4v) is 1.87. The Morgan fingerprint density at radius 3 is 2.70 bits per heavy atom. The second-order valence-corrected chi connectivity index (χ2v) is 4.51. The summed E-state index contributed by atoms with van der Waals surface area (Å²) in [6.07, 6.45) is 0.343. The van der Waals surface area contributed by atoms with Crippen LogP contribution in [-0.2, 0) is 16.0 Å². The summed E-state index contributed by atoms with van der Waals surface area (Å²) in [5.74, 6) is -0.757. The van der Waals surface area contributed by atoms with Gasteiger partial charge in [0.2, 0.25) is 0 Å². The van der Waals surface area contributed by atoms with Crippen LogP contribution in [0.15, 0.2) is 29.4 Å². The third kappa shape index (κ3) is 4.53. The van der Waals surface area contributed by atoms with Crippen LogP contribution in [0.25, 0.3) is 10.4 Å². The van der Waals surface area contributed by atoms with E-state index in [1.165, 1.54) is 19.2 Å². The van der Waals surface area contributed by atoms with Crippen LogP contribution in [0.3, 0.4) is 0 Å². The molecule has 1 rings (SSSR count). The van der Waals surface area contributed by atoms with Crippen LogP contribution in [0.1, 0.15) is 12.5 Å². The number of carbonyl (C=O) groups is 1. The molecule has 1 aromatic rings. The molecule has 1 aromatic carbocycles. The van der Waals surface area contributed by atoms with Gasteiger partial charge in [-0.3, -0.25) is 4.79 Å². The summed E-state index contributed by atoms with van der Waals surface area (Å²) in [6.45, 7) is 2.27. The van der Waals surface area contributed by atoms with Crippen molar-refractivity contribution in [3.05, 3.63) is 46.1 Å². The number of azide groups is 1. The number of hydrogen-bond donors (Lipinski definition) is 1. The van der Waals surface area contributed by atoms with Crippen molar-refractivity contribution in [1.82, 2.24) is 5.32 Å². The predicted molar refractivity (Wildman–Crippen MR) is 72.5 cm³/mol. The maximum absolute atomic E-state index is 12.9. The number of rotatable bonds is 7. The molecule has 0 fully saturated rings. The number of carbonyl (C=O) groups excluding carboxylic acids is 1. The summed E-state index contributed by atoms with van der Waals surface area (Å²) in [4.78, 5) is 14.5. The number of ether oxygens (including phenoxy) is 1. The highest BCUT2D eigenvalue weighted by atomic mass is 19.1. The Kier molecular flexibility index (Phi) is 5.96. The third-order valence-electron chi connectivity index (χ3n) is 2.90. The lowest BCUT2D eigenvalue weighted by atomic mass is 9.92. The molecule has 108 valence electrons. The Bertz CT molecular complexity index is 500. The lowest BCUT2D eigenvalue weighted by Crippen LogP contribution is -2.52. The average Bonchev–Trinajstić information content (AvgIpc) is 2.45. The molecule has 0 saturated carbocycles. The van der Waals surface area contributed by atoms with Gasteiger partial charge in [-0.25, -0.2) is 4.39 Å². The van der Waals surface area contributed by atoms with E-state index in [1.54, 1.807) is 19.1 Å². The van der Waals surface area contributed by atoms with Crippen molar-refractivity contribution in [2.75, 3.05) is 20.2 Å². The Balaban J connectivity index is 2.79. The Morgan fingerprint density at radius 2 is 2.15 bits per heavy atom. The first-order valence-corrected chi connectivity index (χ1v) is 6.10. The number of nitrogens with one attached hydrogen (secondary N) is 1. The number of halogens is 1. The fourth-order valence-electron chi connectivity index (χ4n) is 1.87. The molecule has 0 aliphatic heterocycles. The molecule has 0 bridgehead atoms. The Labute approximate surface area is 116 Å². The van der Waals surface area contributed by atoms with Gasteiger partial charge in [-0.05, 0) is 30.2 Å². The number of hydrogen-bond acceptors (Lipinski definition) is 4. The summed E-state index contributed by atoms with van der Waals surface area (Å²) in [6, 6.07) is 5.91. The topological polar surface area (TPSA) is 87.1 Å². The molecule has 0 aliphatic rings. The summed E-state index contributed by atoms with van der Waals surface area (Å²) >= 11 is 0. The van der Waals surface area contributed by atoms with Gasteiger partial charge in [0.15, 0.2) is 0 Å². The number of nitrogens with zero attached hydrogens (tertiary/aromatic N) is 3. The van der Waals surface area contributed by atoms with Crippen molar-refractivity contribution in [1.29, 1.82) is 0 Å². The van der Waals surface area contributed by atoms with Crippen LogP contribution < -0.4 is 5.32 Å². The van der Waals surface area contributed by atoms with Crippen LogP contribution in [0, 0.1) is 5.82 Å². The molecule has 0 spiro atoms. The standard InChI is InChI=1S/C13H17FN4O2/c1-13(12(19)20-2,16-7-8-17-18-15)9-10-3-5-11(14)6-4-10/h3-6,16H,7-9H2,1-2H3. The monoisotopic (exact) mass is 280 g/mol. The van der Waals surface area contributed by atoms with Gasteiger partial charge in [0, 0.05) is 24.4 Å². The van der Waals surface area contributed by atoms with E-state index in [1.807, 2.05) is 0 Å². The lowest BCUT2D eigenvalue weighted by Gasteiger charge is -2.28. The van der Waals surface area contributed by atoms with Crippen LogP contribution in [0.4, 0.5) is 4.39 Å². The van der Waals surface area contributed by atoms with E-state index in [2.05, 4.69) is 15.3 Å². The van der Waals surface area contributed by atoms with Crippen LogP contribution >= 0.6 is 0 Å². The van der Waals surface area contributed by atoms with Gasteiger partial charge in [0.1, 0.15) is 11.4 Å². The first-order valence-electron chi connectivity index (χ1n) is 6.10. The van der Waals surface area contributed by atoms with E-state index >= 15 is 0 Å². The van der Waals surface area contributed by atoms with Gasteiger partial charge in [0.05, 0.1) is 7.11 Å². The second-order valence-electron chi connectivity index (χ2n) is 4.51. The van der Waals surface area contributed by atoms with Gasteiger partial charge in [-0.15, -0.1) is 0 Å². The van der Waals surface area contributed by atoms with Crippen LogP contribution in [-0.4, -0.2) is 31.7 Å². The zero-order chi connectivity index (χ0) is 15.0. The minimum absolute atomic E-state index is 0.229. The smallest absolute Gasteiger partial charge is 0.326 e. The summed E-state index contributed by atoms with van der Waals surface area (Å²) in [7, 11) is 1.31. The van der Waals surface area contributed by atoms with Gasteiger partial charge >= 0.3 is 5.97 Å². The van der Waals surface area contributed by atoms with Gasteiger partial charge < -0.3 is 10.1 Å². The fraction of sp³-hybridized carbons (Fsp3) is 0.462. The van der Waals surface area contributed by atoms with Crippen molar-refractivity contribution < 1.29 is 13.9 Å². The van der Waals surface area contributed by atoms with Crippen molar-refractivity contribution in [2.45, 2.75) is 18.9 Å². The first-order chi connectivity index (χ1) is 9.51. The van der Waals surface area contributed by atoms with Crippen LogP contribution in [0.5, 0.6) is 0 Å². The summed E-state index contributed by atoms with van der Waals surface area (Å²) in [5.41, 5.74) is 8.06. The first kappa shape index (κ1) is 15.9. The molecule has 0 aromatic heterocycles. The normalized spacial score (nSPS) is 13.2. The highest BCUT2D eigenvalue weighted by molar-refractivity contribution is 5.80. The quantitative estimate of drug-likeness (QED) is 0.273. The van der Waals surface area contributed by atoms with Crippen molar-refractivity contribution in [3.63, 3.8) is 0 Å². The van der Waals surface area contributed by atoms with Crippen molar-refractivity contribution in [3.8, 4) is 0 Å². The number of methoxy groups -OCH3 is 1. The van der Waals surface area contributed by atoms with Crippen molar-refractivity contribution >= 4 is 5.97 Å². The highest BCUT2D eigenvalue weighted by Gasteiger charge is 2.33. The molecular weight excluding hydrogens is 263 g/mol. The van der Waals surface area contributed by atoms with Crippen molar-refractivity contribution in [2.24, 2.45) is 5.11 Å². The molecule has 1 N–H and O–H groups in total. The van der Waals surface area contributed by atoms with E-state index in [0.717, 1.165) is 5.56 Å². The Morgan fingerprint density at radius 1 is 1.50 bits per heavy atom. The molecule has 1 atom stereocenters. The van der Waals surface area contributed by atoms with E-state index in [9.17, 15) is 9.18 Å². The average molecular weight is 280 g/mol. The molecule has 0 radical (unpaired) electrons. The number of benzene rings is 1. The zero-order valence-corrected chi connectivity index (χ0v) is 11.5. The summed E-state index contributed by atoms with van der Waals surface area (Å²) in [5, 5.41) is 6.41. The minimum Gasteiger partial charge on any atom is -0.468 e. The minimum atomic E-state index is -0.961. The molecule has 20 heavy (non-hydrogen) atoms. The van der Waals surface area contributed by atoms with E-state index in [0.29, 0.717) is 13.0 Å². The summed E-state index contributed by atoms with van der Waals surface area (Å²) < 4.78 is 17.7. The molecule has 1 unspecified atom stereocenters. The van der Waals surface area contributed by atoms with E-state index < -0.39 is 11.5 Å². The second kappa shape index (κ2) is 7.47. The van der Waals surface area contributed by atoms with E-state index in [-0.39, 0.29) is 12.4 Å². The molecular formula is C13H17FN4O2. The molecule has 0 amide bonds. The highest BCUT2D eigenvalue weighted by Crippen LogP contribution is 2.15. The van der Waals surface area contributed by atoms with Gasteiger partial charge in [0.25, 0.3) is 0 Å². The van der Waals surface area contributed by atoms with Gasteiger partial charge in [-0.2, -0.15) is 0 Å². The number of esters is 1. The van der Waals surface area contributed by atoms with E-state index in [4.69, 9.17) is 10.3 Å². The zero-order valence-electron chi connectivity index (χ0n) is 11.5. The molecule has 0 saturated heterocycles. The lowest BCUT2D eigenvalue weighted by molar-refractivity contribution is -0.147. The predicted octanol–water partition coefficient (Wildman–Crippen LogP) is 2.20. The molecule has 7 heteroatoms. The Hall–Kier alpha value is -2.11. The third-order valence-corrected chi connectivity index (χ3v) is 2.90. The molecule has 0 heterocycles. The maximum atomic E-state index is 12.9. The molecule has 6 nitrogen and oxygen atoms in total. The SMILES string of the molecule is COC(=O)C(C)(Cc1ccc(F)cc1)NCCN=[N+]=[N-]. The van der Waals surface area contributed by atoms with Crippen LogP contribution in [0.2, 0.25) is 0 Å². The molecule has 0 aliphatic carbocycles. The van der Waals surface area contributed by atoms with Gasteiger partial charge in [-0.1, -0.05) is 17.2 Å². The maximum Gasteiger partial charge on any atom is 0.326 e.